The molecule has 28 heavy (non-hydrogen) atoms. The summed E-state index contributed by atoms with van der Waals surface area (Å²) in [5.41, 5.74) is 2.19. The second-order valence-electron chi connectivity index (χ2n) is 6.50. The number of hydrogen-bond donors (Lipinski definition) is 0. The van der Waals surface area contributed by atoms with Gasteiger partial charge in [-0.2, -0.15) is 0 Å². The molecule has 0 saturated carbocycles. The number of ether oxygens (including phenoxy) is 1. The van der Waals surface area contributed by atoms with Crippen molar-refractivity contribution < 1.29 is 13.9 Å². The summed E-state index contributed by atoms with van der Waals surface area (Å²) in [6.45, 7) is 6.75. The van der Waals surface area contributed by atoms with Gasteiger partial charge in [-0.05, 0) is 30.2 Å². The van der Waals surface area contributed by atoms with E-state index in [-0.39, 0.29) is 18.3 Å². The molecule has 0 aliphatic carbocycles. The first-order valence-corrected chi connectivity index (χ1v) is 10.1. The third-order valence-electron chi connectivity index (χ3n) is 4.82. The van der Waals surface area contributed by atoms with Crippen LogP contribution in [0, 0.1) is 0 Å². The van der Waals surface area contributed by atoms with Crippen LogP contribution in [0.1, 0.15) is 23.0 Å². The molecule has 1 amide bonds. The highest BCUT2D eigenvalue weighted by Crippen LogP contribution is 2.31. The first-order valence-electron chi connectivity index (χ1n) is 9.30. The molecular weight excluding hydrogens is 398 g/mol. The maximum absolute atomic E-state index is 13.1. The average molecular weight is 422 g/mol. The van der Waals surface area contributed by atoms with E-state index < -0.39 is 0 Å². The maximum Gasteiger partial charge on any atom is 0.295 e. The fourth-order valence-electron chi connectivity index (χ4n) is 3.28. The van der Waals surface area contributed by atoms with Crippen molar-refractivity contribution in [2.75, 3.05) is 44.3 Å². The molecule has 0 N–H and O–H groups in total. The van der Waals surface area contributed by atoms with Crippen LogP contribution < -0.4 is 4.90 Å². The molecule has 0 spiro atoms. The Labute approximate surface area is 174 Å². The number of aryl methyl sites for hydroxylation is 1. The van der Waals surface area contributed by atoms with E-state index in [1.807, 2.05) is 0 Å². The second-order valence-corrected chi connectivity index (χ2v) is 7.51. The average Bonchev–Trinajstić information content (AvgIpc) is 3.38. The fraction of sp³-hybridized carbons (Fsp3) is 0.400. The summed E-state index contributed by atoms with van der Waals surface area (Å²) in [6.07, 6.45) is 2.45. The summed E-state index contributed by atoms with van der Waals surface area (Å²) in [6, 6.07) is 9.65. The predicted octanol–water partition coefficient (Wildman–Crippen LogP) is 3.85. The van der Waals surface area contributed by atoms with Crippen LogP contribution in [-0.2, 0) is 11.2 Å². The van der Waals surface area contributed by atoms with Crippen molar-refractivity contribution in [1.29, 1.82) is 0 Å². The Balaban J connectivity index is 0.00000225. The minimum atomic E-state index is -0.148. The largest absolute Gasteiger partial charge is 0.459 e. The SMILES string of the molecule is CCc1cccc2sc(N(CCN3CCOCC3)C(=O)c3ccco3)nc12.Cl. The first-order chi connectivity index (χ1) is 13.3. The van der Waals surface area contributed by atoms with Crippen molar-refractivity contribution in [2.45, 2.75) is 13.3 Å². The van der Waals surface area contributed by atoms with Crippen LogP contribution in [0.2, 0.25) is 0 Å². The summed E-state index contributed by atoms with van der Waals surface area (Å²) >= 11 is 1.56. The van der Waals surface area contributed by atoms with Gasteiger partial charge >= 0.3 is 0 Å². The molecule has 1 aliphatic rings. The second kappa shape index (κ2) is 9.52. The Kier molecular flexibility index (Phi) is 7.07. The third kappa shape index (κ3) is 4.38. The number of hydrogen-bond acceptors (Lipinski definition) is 6. The van der Waals surface area contributed by atoms with Gasteiger partial charge in [0.15, 0.2) is 10.9 Å². The summed E-state index contributed by atoms with van der Waals surface area (Å²) in [4.78, 5) is 21.9. The quantitative estimate of drug-likeness (QED) is 0.605. The molecule has 0 radical (unpaired) electrons. The molecule has 6 nitrogen and oxygen atoms in total. The zero-order valence-corrected chi connectivity index (χ0v) is 17.4. The summed E-state index contributed by atoms with van der Waals surface area (Å²) in [5.74, 6) is 0.192. The van der Waals surface area contributed by atoms with Gasteiger partial charge in [0, 0.05) is 26.2 Å². The minimum Gasteiger partial charge on any atom is -0.459 e. The van der Waals surface area contributed by atoms with Gasteiger partial charge in [0.1, 0.15) is 0 Å². The number of rotatable bonds is 6. The van der Waals surface area contributed by atoms with Crippen LogP contribution in [0.4, 0.5) is 5.13 Å². The summed E-state index contributed by atoms with van der Waals surface area (Å²) < 4.78 is 11.9. The molecule has 2 aromatic heterocycles. The van der Waals surface area contributed by atoms with Crippen molar-refractivity contribution in [2.24, 2.45) is 0 Å². The molecule has 1 fully saturated rings. The molecule has 8 heteroatoms. The van der Waals surface area contributed by atoms with Crippen LogP contribution in [0.3, 0.4) is 0 Å². The summed E-state index contributed by atoms with van der Waals surface area (Å²) in [5, 5.41) is 0.723. The lowest BCUT2D eigenvalue weighted by Gasteiger charge is -2.28. The predicted molar refractivity (Wildman–Crippen MR) is 114 cm³/mol. The van der Waals surface area contributed by atoms with Gasteiger partial charge in [-0.3, -0.25) is 14.6 Å². The van der Waals surface area contributed by atoms with Crippen LogP contribution in [0.15, 0.2) is 41.0 Å². The van der Waals surface area contributed by atoms with Gasteiger partial charge in [-0.15, -0.1) is 12.4 Å². The van der Waals surface area contributed by atoms with Gasteiger partial charge in [0.05, 0.1) is 29.7 Å². The Morgan fingerprint density at radius 1 is 1.25 bits per heavy atom. The molecular formula is C20H24ClN3O3S. The number of thiazole rings is 1. The summed E-state index contributed by atoms with van der Waals surface area (Å²) in [7, 11) is 0. The molecule has 4 rings (SSSR count). The van der Waals surface area contributed by atoms with E-state index in [0.717, 1.165) is 54.6 Å². The molecule has 1 saturated heterocycles. The Morgan fingerprint density at radius 3 is 2.79 bits per heavy atom. The number of benzene rings is 1. The van der Waals surface area contributed by atoms with E-state index in [1.54, 1.807) is 28.4 Å². The number of para-hydroxylation sites is 1. The zero-order valence-electron chi connectivity index (χ0n) is 15.8. The number of morpholine rings is 1. The lowest BCUT2D eigenvalue weighted by atomic mass is 10.1. The van der Waals surface area contributed by atoms with Crippen LogP contribution in [0.25, 0.3) is 10.2 Å². The monoisotopic (exact) mass is 421 g/mol. The number of nitrogens with zero attached hydrogens (tertiary/aromatic N) is 3. The van der Waals surface area contributed by atoms with Crippen LogP contribution >= 0.6 is 23.7 Å². The van der Waals surface area contributed by atoms with Crippen LogP contribution in [-0.4, -0.2) is 55.2 Å². The number of carbonyl (C=O) groups excluding carboxylic acids is 1. The highest BCUT2D eigenvalue weighted by molar-refractivity contribution is 7.22. The highest BCUT2D eigenvalue weighted by Gasteiger charge is 2.24. The van der Waals surface area contributed by atoms with Gasteiger partial charge in [0.2, 0.25) is 0 Å². The molecule has 3 aromatic rings. The third-order valence-corrected chi connectivity index (χ3v) is 5.87. The number of anilines is 1. The Bertz CT molecular complexity index is 907. The van der Waals surface area contributed by atoms with Gasteiger partial charge in [-0.1, -0.05) is 30.4 Å². The first kappa shape index (κ1) is 20.8. The van der Waals surface area contributed by atoms with E-state index in [4.69, 9.17) is 14.1 Å². The number of fused-ring (bicyclic) bond motifs is 1. The topological polar surface area (TPSA) is 58.8 Å². The lowest BCUT2D eigenvalue weighted by molar-refractivity contribution is 0.0390. The van der Waals surface area contributed by atoms with E-state index in [1.165, 1.54) is 11.8 Å². The van der Waals surface area contributed by atoms with Crippen molar-refractivity contribution in [3.63, 3.8) is 0 Å². The van der Waals surface area contributed by atoms with E-state index in [0.29, 0.717) is 12.3 Å². The molecule has 3 heterocycles. The Morgan fingerprint density at radius 2 is 2.07 bits per heavy atom. The van der Waals surface area contributed by atoms with Crippen molar-refractivity contribution >= 4 is 45.0 Å². The van der Waals surface area contributed by atoms with Gasteiger partial charge in [-0.25, -0.2) is 4.98 Å². The molecule has 0 bridgehead atoms. The number of amides is 1. The van der Waals surface area contributed by atoms with E-state index in [2.05, 4.69) is 30.0 Å². The Hall–Kier alpha value is -1.93. The maximum atomic E-state index is 13.1. The normalized spacial score (nSPS) is 14.8. The molecule has 1 aromatic carbocycles. The molecule has 0 atom stereocenters. The van der Waals surface area contributed by atoms with E-state index >= 15 is 0 Å². The highest BCUT2D eigenvalue weighted by atomic mass is 35.5. The molecule has 150 valence electrons. The van der Waals surface area contributed by atoms with Crippen LogP contribution in [0.5, 0.6) is 0 Å². The minimum absolute atomic E-state index is 0. The standard InChI is InChI=1S/C20H23N3O3S.ClH/c1-2-15-5-3-7-17-18(15)21-20(27-17)23(19(24)16-6-4-12-26-16)9-8-22-10-13-25-14-11-22;/h3-7,12H,2,8-11,13-14H2,1H3;1H. The van der Waals surface area contributed by atoms with Crippen molar-refractivity contribution in [1.82, 2.24) is 9.88 Å². The van der Waals surface area contributed by atoms with Gasteiger partial charge < -0.3 is 9.15 Å². The fourth-order valence-corrected chi connectivity index (χ4v) is 4.32. The molecule has 0 unspecified atom stereocenters. The smallest absolute Gasteiger partial charge is 0.295 e. The number of furan rings is 1. The molecule has 1 aliphatic heterocycles. The van der Waals surface area contributed by atoms with Crippen molar-refractivity contribution in [3.05, 3.63) is 47.9 Å². The van der Waals surface area contributed by atoms with Crippen molar-refractivity contribution in [3.8, 4) is 0 Å². The number of aromatic nitrogens is 1. The number of carbonyl (C=O) groups is 1. The lowest BCUT2D eigenvalue weighted by Crippen LogP contribution is -2.43. The number of halogens is 1. The zero-order chi connectivity index (χ0) is 18.6. The van der Waals surface area contributed by atoms with Gasteiger partial charge in [0.25, 0.3) is 5.91 Å². The van der Waals surface area contributed by atoms with E-state index in [9.17, 15) is 4.79 Å².